The highest BCUT2D eigenvalue weighted by molar-refractivity contribution is 5.74. The zero-order chi connectivity index (χ0) is 15.4. The van der Waals surface area contributed by atoms with E-state index in [0.717, 1.165) is 56.2 Å². The molecule has 118 valence electrons. The molecular formula is C15H27N5O. The molecule has 0 aromatic carbocycles. The molecule has 21 heavy (non-hydrogen) atoms. The van der Waals surface area contributed by atoms with Crippen LogP contribution < -0.4 is 5.32 Å². The number of hydrogen-bond acceptors (Lipinski definition) is 3. The fourth-order valence-corrected chi connectivity index (χ4v) is 2.84. The van der Waals surface area contributed by atoms with E-state index < -0.39 is 0 Å². The van der Waals surface area contributed by atoms with E-state index in [1.54, 1.807) is 0 Å². The number of likely N-dealkylation sites (N-methyl/N-ethyl adjacent to an activating group) is 1. The van der Waals surface area contributed by atoms with Gasteiger partial charge in [0.1, 0.15) is 0 Å². The van der Waals surface area contributed by atoms with Crippen LogP contribution >= 0.6 is 0 Å². The Kier molecular flexibility index (Phi) is 5.22. The summed E-state index contributed by atoms with van der Waals surface area (Å²) in [6, 6.07) is 0.0359. The standard InChI is InChI=1S/C15H27N5O/c1-5-18-7-9-19(10-8-18)15(21)16-11-14-12(3)17-20(6-2)13(14)4/h5-11H2,1-4H3,(H,16,21). The summed E-state index contributed by atoms with van der Waals surface area (Å²) in [5.41, 5.74) is 3.29. The molecule has 0 aliphatic carbocycles. The molecule has 0 spiro atoms. The van der Waals surface area contributed by atoms with Crippen molar-refractivity contribution in [1.29, 1.82) is 0 Å². The summed E-state index contributed by atoms with van der Waals surface area (Å²) in [5, 5.41) is 7.52. The zero-order valence-electron chi connectivity index (χ0n) is 13.6. The summed E-state index contributed by atoms with van der Waals surface area (Å²) in [6.45, 7) is 14.3. The van der Waals surface area contributed by atoms with E-state index in [9.17, 15) is 4.79 Å². The first kappa shape index (κ1) is 15.8. The van der Waals surface area contributed by atoms with Crippen molar-refractivity contribution in [2.24, 2.45) is 0 Å². The largest absolute Gasteiger partial charge is 0.334 e. The Hall–Kier alpha value is -1.56. The highest BCUT2D eigenvalue weighted by atomic mass is 16.2. The Morgan fingerprint density at radius 2 is 1.81 bits per heavy atom. The van der Waals surface area contributed by atoms with Crippen molar-refractivity contribution in [2.45, 2.75) is 40.8 Å². The van der Waals surface area contributed by atoms with Crippen LogP contribution in [0.4, 0.5) is 4.79 Å². The van der Waals surface area contributed by atoms with Crippen LogP contribution in [0, 0.1) is 13.8 Å². The van der Waals surface area contributed by atoms with Gasteiger partial charge in [0.2, 0.25) is 0 Å². The van der Waals surface area contributed by atoms with E-state index in [4.69, 9.17) is 0 Å². The quantitative estimate of drug-likeness (QED) is 0.912. The molecule has 2 rings (SSSR count). The van der Waals surface area contributed by atoms with Gasteiger partial charge in [0.25, 0.3) is 0 Å². The Labute approximate surface area is 127 Å². The molecule has 1 fully saturated rings. The molecular weight excluding hydrogens is 266 g/mol. The summed E-state index contributed by atoms with van der Waals surface area (Å²) in [7, 11) is 0. The van der Waals surface area contributed by atoms with Crippen LogP contribution in [0.5, 0.6) is 0 Å². The predicted molar refractivity (Wildman–Crippen MR) is 83.3 cm³/mol. The van der Waals surface area contributed by atoms with Gasteiger partial charge in [-0.25, -0.2) is 4.79 Å². The molecule has 1 saturated heterocycles. The van der Waals surface area contributed by atoms with E-state index in [1.807, 2.05) is 16.5 Å². The number of amides is 2. The molecule has 6 nitrogen and oxygen atoms in total. The zero-order valence-corrected chi connectivity index (χ0v) is 13.6. The molecule has 0 unspecified atom stereocenters. The second-order valence-electron chi connectivity index (χ2n) is 5.55. The maximum atomic E-state index is 12.2. The first-order valence-corrected chi connectivity index (χ1v) is 7.84. The predicted octanol–water partition coefficient (Wildman–Crippen LogP) is 1.37. The molecule has 2 amide bonds. The number of carbonyl (C=O) groups is 1. The van der Waals surface area contributed by atoms with Gasteiger partial charge in [-0.15, -0.1) is 0 Å². The molecule has 1 aliphatic heterocycles. The number of piperazine rings is 1. The molecule has 0 atom stereocenters. The second kappa shape index (κ2) is 6.93. The monoisotopic (exact) mass is 293 g/mol. The molecule has 1 aromatic rings. The van der Waals surface area contributed by atoms with Crippen molar-refractivity contribution in [1.82, 2.24) is 24.9 Å². The summed E-state index contributed by atoms with van der Waals surface area (Å²) in [5.74, 6) is 0. The van der Waals surface area contributed by atoms with E-state index in [2.05, 4.69) is 36.1 Å². The van der Waals surface area contributed by atoms with Crippen molar-refractivity contribution in [3.8, 4) is 0 Å². The third kappa shape index (κ3) is 3.56. The first-order valence-electron chi connectivity index (χ1n) is 7.84. The van der Waals surface area contributed by atoms with Crippen molar-refractivity contribution >= 4 is 6.03 Å². The lowest BCUT2D eigenvalue weighted by Crippen LogP contribution is -2.51. The lowest BCUT2D eigenvalue weighted by molar-refractivity contribution is 0.142. The van der Waals surface area contributed by atoms with Crippen LogP contribution in [0.1, 0.15) is 30.8 Å². The average Bonchev–Trinajstić information content (AvgIpc) is 2.79. The molecule has 1 N–H and O–H groups in total. The van der Waals surface area contributed by atoms with Gasteiger partial charge in [0.15, 0.2) is 0 Å². The SMILES string of the molecule is CCN1CCN(C(=O)NCc2c(C)nn(CC)c2C)CC1. The van der Waals surface area contributed by atoms with Gasteiger partial charge >= 0.3 is 6.03 Å². The Morgan fingerprint density at radius 1 is 1.14 bits per heavy atom. The number of rotatable bonds is 4. The van der Waals surface area contributed by atoms with Crippen molar-refractivity contribution in [3.63, 3.8) is 0 Å². The number of carbonyl (C=O) groups excluding carboxylic acids is 1. The normalized spacial score (nSPS) is 16.3. The van der Waals surface area contributed by atoms with Crippen LogP contribution in [0.25, 0.3) is 0 Å². The van der Waals surface area contributed by atoms with Crippen LogP contribution in [0.15, 0.2) is 0 Å². The van der Waals surface area contributed by atoms with Crippen LogP contribution in [0.3, 0.4) is 0 Å². The van der Waals surface area contributed by atoms with Crippen LogP contribution in [0.2, 0.25) is 0 Å². The first-order chi connectivity index (χ1) is 10.1. The highest BCUT2D eigenvalue weighted by Crippen LogP contribution is 2.13. The molecule has 1 aromatic heterocycles. The topological polar surface area (TPSA) is 53.4 Å². The number of aromatic nitrogens is 2. The Morgan fingerprint density at radius 3 is 2.33 bits per heavy atom. The lowest BCUT2D eigenvalue weighted by Gasteiger charge is -2.34. The number of urea groups is 1. The smallest absolute Gasteiger partial charge is 0.317 e. The Bertz CT molecular complexity index is 488. The number of hydrogen-bond donors (Lipinski definition) is 1. The van der Waals surface area contributed by atoms with Gasteiger partial charge in [-0.3, -0.25) is 4.68 Å². The van der Waals surface area contributed by atoms with Gasteiger partial charge in [0.05, 0.1) is 5.69 Å². The molecule has 0 radical (unpaired) electrons. The lowest BCUT2D eigenvalue weighted by atomic mass is 10.2. The summed E-state index contributed by atoms with van der Waals surface area (Å²) < 4.78 is 1.98. The fraction of sp³-hybridized carbons (Fsp3) is 0.733. The van der Waals surface area contributed by atoms with Gasteiger partial charge in [-0.2, -0.15) is 5.10 Å². The van der Waals surface area contributed by atoms with Crippen LogP contribution in [-0.2, 0) is 13.1 Å². The fourth-order valence-electron chi connectivity index (χ4n) is 2.84. The third-order valence-electron chi connectivity index (χ3n) is 4.35. The number of nitrogens with one attached hydrogen (secondary N) is 1. The molecule has 0 saturated carbocycles. The maximum absolute atomic E-state index is 12.2. The van der Waals surface area contributed by atoms with Crippen molar-refractivity contribution in [3.05, 3.63) is 17.0 Å². The molecule has 1 aliphatic rings. The average molecular weight is 293 g/mol. The minimum Gasteiger partial charge on any atom is -0.334 e. The number of nitrogens with zero attached hydrogens (tertiary/aromatic N) is 4. The Balaban J connectivity index is 1.88. The number of aryl methyl sites for hydroxylation is 2. The van der Waals surface area contributed by atoms with E-state index >= 15 is 0 Å². The minimum absolute atomic E-state index is 0.0359. The van der Waals surface area contributed by atoms with Gasteiger partial charge in [-0.05, 0) is 27.3 Å². The maximum Gasteiger partial charge on any atom is 0.317 e. The molecule has 0 bridgehead atoms. The summed E-state index contributed by atoms with van der Waals surface area (Å²) >= 11 is 0. The summed E-state index contributed by atoms with van der Waals surface area (Å²) in [6.07, 6.45) is 0. The van der Waals surface area contributed by atoms with Gasteiger partial charge in [-0.1, -0.05) is 6.92 Å². The molecule has 6 heteroatoms. The van der Waals surface area contributed by atoms with Gasteiger partial charge in [0, 0.05) is 50.5 Å². The molecule has 2 heterocycles. The van der Waals surface area contributed by atoms with E-state index in [0.29, 0.717) is 6.54 Å². The highest BCUT2D eigenvalue weighted by Gasteiger charge is 2.20. The third-order valence-corrected chi connectivity index (χ3v) is 4.35. The van der Waals surface area contributed by atoms with Crippen molar-refractivity contribution in [2.75, 3.05) is 32.7 Å². The van der Waals surface area contributed by atoms with Crippen LogP contribution in [-0.4, -0.2) is 58.3 Å². The van der Waals surface area contributed by atoms with Crippen molar-refractivity contribution < 1.29 is 4.79 Å². The summed E-state index contributed by atoms with van der Waals surface area (Å²) in [4.78, 5) is 16.5. The van der Waals surface area contributed by atoms with E-state index in [1.165, 1.54) is 0 Å². The minimum atomic E-state index is 0.0359. The van der Waals surface area contributed by atoms with Gasteiger partial charge < -0.3 is 15.1 Å². The van der Waals surface area contributed by atoms with E-state index in [-0.39, 0.29) is 6.03 Å². The second-order valence-corrected chi connectivity index (χ2v) is 5.55.